The number of nitrogens with zero attached hydrogens (tertiary/aromatic N) is 2. The Morgan fingerprint density at radius 3 is 1.97 bits per heavy atom. The van der Waals surface area contributed by atoms with Crippen LogP contribution in [-0.4, -0.2) is 16.5 Å². The Balaban J connectivity index is 1.69. The quantitative estimate of drug-likeness (QED) is 0.636. The third-order valence-electron chi connectivity index (χ3n) is 7.40. The minimum Gasteiger partial charge on any atom is -0.515 e. The summed E-state index contributed by atoms with van der Waals surface area (Å²) in [7, 11) is 0. The summed E-state index contributed by atoms with van der Waals surface area (Å²) in [4.78, 5) is 10.2. The van der Waals surface area contributed by atoms with Crippen molar-refractivity contribution in [3.8, 4) is 0 Å². The van der Waals surface area contributed by atoms with Crippen LogP contribution < -0.4 is 19.5 Å². The SMILES string of the molecule is CCC1=C(C)C2=NC1=CC1=CC(=c3cc/c(=C\O)cc31)C=C1N=C(C=c3ccc(s3)=C2)C(C)=C1CC. The van der Waals surface area contributed by atoms with Gasteiger partial charge in [0.1, 0.15) is 0 Å². The van der Waals surface area contributed by atoms with Crippen molar-refractivity contribution in [1.29, 1.82) is 0 Å². The lowest BCUT2D eigenvalue weighted by Crippen LogP contribution is -2.13. The highest BCUT2D eigenvalue weighted by atomic mass is 32.1. The number of hydrogen-bond donors (Lipinski definition) is 1. The minimum absolute atomic E-state index is 0.790. The third-order valence-corrected chi connectivity index (χ3v) is 8.38. The third kappa shape index (κ3) is 3.64. The van der Waals surface area contributed by atoms with Gasteiger partial charge in [-0.1, -0.05) is 26.0 Å². The smallest absolute Gasteiger partial charge is 0.0864 e. The lowest BCUT2D eigenvalue weighted by molar-refractivity contribution is 0.540. The zero-order chi connectivity index (χ0) is 25.0. The van der Waals surface area contributed by atoms with Gasteiger partial charge < -0.3 is 5.11 Å². The topological polar surface area (TPSA) is 45.0 Å². The Labute approximate surface area is 215 Å². The van der Waals surface area contributed by atoms with Crippen LogP contribution in [-0.2, 0) is 0 Å². The van der Waals surface area contributed by atoms with Crippen molar-refractivity contribution in [2.75, 3.05) is 0 Å². The first-order valence-corrected chi connectivity index (χ1v) is 13.3. The van der Waals surface area contributed by atoms with Gasteiger partial charge in [-0.25, -0.2) is 9.98 Å². The molecule has 0 radical (unpaired) electrons. The Morgan fingerprint density at radius 1 is 0.778 bits per heavy atom. The molecule has 0 saturated heterocycles. The van der Waals surface area contributed by atoms with E-state index >= 15 is 0 Å². The number of hydrogen-bond acceptors (Lipinski definition) is 4. The van der Waals surface area contributed by atoms with Crippen molar-refractivity contribution in [3.05, 3.63) is 107 Å². The Hall–Kier alpha value is -3.76. The minimum atomic E-state index is 0.790. The summed E-state index contributed by atoms with van der Waals surface area (Å²) in [6.07, 6.45) is 14.1. The molecular formula is C32H28N2OS. The molecule has 4 heterocycles. The van der Waals surface area contributed by atoms with Crippen LogP contribution >= 0.6 is 11.3 Å². The van der Waals surface area contributed by atoms with E-state index in [2.05, 4.69) is 82.3 Å². The normalized spacial score (nSPS) is 18.9. The molecular weight excluding hydrogens is 460 g/mol. The lowest BCUT2D eigenvalue weighted by atomic mass is 10.0. The van der Waals surface area contributed by atoms with Crippen LogP contribution in [0.25, 0.3) is 29.6 Å². The highest BCUT2D eigenvalue weighted by molar-refractivity contribution is 7.08. The molecule has 8 bridgehead atoms. The summed E-state index contributed by atoms with van der Waals surface area (Å²) in [5.41, 5.74) is 12.5. The molecule has 3 aliphatic heterocycles. The van der Waals surface area contributed by atoms with Crippen LogP contribution in [0.4, 0.5) is 0 Å². The van der Waals surface area contributed by atoms with E-state index < -0.39 is 0 Å². The Kier molecular flexibility index (Phi) is 5.50. The molecule has 2 aromatic rings. The maximum absolute atomic E-state index is 9.70. The van der Waals surface area contributed by atoms with Gasteiger partial charge in [-0.05, 0) is 119 Å². The molecule has 0 fully saturated rings. The standard InChI is InChI=1S/C32H28N2OS/c1-5-25-18(3)29-15-23-8-9-24(36-23)16-30-19(4)26(6-2)32(34-30)14-22-12-21(13-31(25)33-29)27-10-7-20(17-35)11-28(22)27/h7-17,35H,5-6H2,1-4H3/b20-17+,23-15?,24-16?,31-13?,32-14?. The molecule has 3 nitrogen and oxygen atoms in total. The summed E-state index contributed by atoms with van der Waals surface area (Å²) in [6.45, 7) is 8.75. The molecule has 0 spiro atoms. The molecule has 0 unspecified atom stereocenters. The highest BCUT2D eigenvalue weighted by Crippen LogP contribution is 2.34. The van der Waals surface area contributed by atoms with Crippen LogP contribution in [0, 0.1) is 0 Å². The van der Waals surface area contributed by atoms with Gasteiger partial charge >= 0.3 is 0 Å². The molecule has 4 heteroatoms. The van der Waals surface area contributed by atoms with Gasteiger partial charge in [0.15, 0.2) is 0 Å². The van der Waals surface area contributed by atoms with E-state index in [0.29, 0.717) is 0 Å². The number of aliphatic hydroxyl groups excluding tert-OH is 1. The van der Waals surface area contributed by atoms with Gasteiger partial charge in [0.2, 0.25) is 0 Å². The zero-order valence-corrected chi connectivity index (χ0v) is 21.8. The molecule has 36 heavy (non-hydrogen) atoms. The van der Waals surface area contributed by atoms with Crippen molar-refractivity contribution in [2.45, 2.75) is 40.5 Å². The zero-order valence-electron chi connectivity index (χ0n) is 21.0. The monoisotopic (exact) mass is 488 g/mol. The predicted octanol–water partition coefficient (Wildman–Crippen LogP) is 5.00. The van der Waals surface area contributed by atoms with Gasteiger partial charge in [-0.2, -0.15) is 0 Å². The summed E-state index contributed by atoms with van der Waals surface area (Å²) in [6, 6.07) is 10.5. The summed E-state index contributed by atoms with van der Waals surface area (Å²) in [5.74, 6) is 0. The Morgan fingerprint density at radius 2 is 1.39 bits per heavy atom. The molecule has 0 amide bonds. The summed E-state index contributed by atoms with van der Waals surface area (Å²) in [5, 5.41) is 11.6. The van der Waals surface area contributed by atoms with Crippen molar-refractivity contribution in [3.63, 3.8) is 0 Å². The molecule has 0 saturated carbocycles. The van der Waals surface area contributed by atoms with E-state index in [-0.39, 0.29) is 0 Å². The van der Waals surface area contributed by atoms with Crippen molar-refractivity contribution >= 4 is 52.3 Å². The van der Waals surface area contributed by atoms with Gasteiger partial charge in [-0.15, -0.1) is 11.3 Å². The van der Waals surface area contributed by atoms with E-state index in [1.807, 2.05) is 6.07 Å². The molecule has 6 rings (SSSR count). The van der Waals surface area contributed by atoms with E-state index in [0.717, 1.165) is 62.8 Å². The van der Waals surface area contributed by atoms with Crippen molar-refractivity contribution < 1.29 is 5.11 Å². The predicted molar refractivity (Wildman–Crippen MR) is 154 cm³/mol. The van der Waals surface area contributed by atoms with Gasteiger partial charge in [0.05, 0.1) is 29.1 Å². The van der Waals surface area contributed by atoms with E-state index in [4.69, 9.17) is 9.98 Å². The molecule has 0 atom stereocenters. The fourth-order valence-corrected chi connectivity index (χ4v) is 6.34. The summed E-state index contributed by atoms with van der Waals surface area (Å²) >= 11 is 1.77. The molecule has 1 N–H and O–H groups in total. The number of rotatable bonds is 2. The number of benzene rings is 1. The fourth-order valence-electron chi connectivity index (χ4n) is 5.45. The second-order valence-electron chi connectivity index (χ2n) is 9.49. The first-order chi connectivity index (χ1) is 17.5. The van der Waals surface area contributed by atoms with Crippen LogP contribution in [0.3, 0.4) is 0 Å². The molecule has 1 aliphatic carbocycles. The first kappa shape index (κ1) is 22.7. The van der Waals surface area contributed by atoms with Gasteiger partial charge in [0.25, 0.3) is 0 Å². The first-order valence-electron chi connectivity index (χ1n) is 12.5. The van der Waals surface area contributed by atoms with Crippen LogP contribution in [0.1, 0.15) is 46.1 Å². The van der Waals surface area contributed by atoms with E-state index in [9.17, 15) is 5.11 Å². The molecule has 4 aliphatic rings. The number of allylic oxidation sites excluding steroid dienone is 8. The van der Waals surface area contributed by atoms with Crippen molar-refractivity contribution in [2.24, 2.45) is 9.98 Å². The second kappa shape index (κ2) is 8.72. The number of aliphatic hydroxyl groups is 1. The number of fused-ring (bicyclic) bond motifs is 7. The molecule has 1 aromatic heterocycles. The van der Waals surface area contributed by atoms with Crippen LogP contribution in [0.15, 0.2) is 92.2 Å². The average Bonchev–Trinajstić information content (AvgIpc) is 3.61. The van der Waals surface area contributed by atoms with Crippen molar-refractivity contribution in [1.82, 2.24) is 0 Å². The van der Waals surface area contributed by atoms with E-state index in [1.54, 1.807) is 11.3 Å². The fraction of sp³-hybridized carbons (Fsp3) is 0.188. The highest BCUT2D eigenvalue weighted by Gasteiger charge is 2.22. The average molecular weight is 489 g/mol. The van der Waals surface area contributed by atoms with Gasteiger partial charge in [0, 0.05) is 14.3 Å². The molecule has 1 aromatic carbocycles. The van der Waals surface area contributed by atoms with E-state index in [1.165, 1.54) is 37.6 Å². The van der Waals surface area contributed by atoms with Gasteiger partial charge in [-0.3, -0.25) is 0 Å². The number of thiophene rings is 1. The van der Waals surface area contributed by atoms with Crippen LogP contribution in [0.5, 0.6) is 0 Å². The maximum Gasteiger partial charge on any atom is 0.0864 e. The number of aliphatic imine (C=N–C) groups is 2. The second-order valence-corrected chi connectivity index (χ2v) is 10.6. The summed E-state index contributed by atoms with van der Waals surface area (Å²) < 4.78 is 2.39. The van der Waals surface area contributed by atoms with Crippen LogP contribution in [0.2, 0.25) is 0 Å². The molecule has 178 valence electrons. The Bertz CT molecular complexity index is 1810. The largest absolute Gasteiger partial charge is 0.515 e. The lowest BCUT2D eigenvalue weighted by Gasteiger charge is -2.04. The maximum atomic E-state index is 9.70.